The van der Waals surface area contributed by atoms with Gasteiger partial charge in [-0.1, -0.05) is 12.1 Å². The summed E-state index contributed by atoms with van der Waals surface area (Å²) in [6.45, 7) is 0. The highest BCUT2D eigenvalue weighted by Crippen LogP contribution is 2.33. The fourth-order valence-corrected chi connectivity index (χ4v) is 1.76. The lowest BCUT2D eigenvalue weighted by molar-refractivity contribution is -0.137. The van der Waals surface area contributed by atoms with E-state index in [1.807, 2.05) is 0 Å². The van der Waals surface area contributed by atoms with Crippen LogP contribution in [0, 0.1) is 11.6 Å². The van der Waals surface area contributed by atoms with Crippen molar-refractivity contribution in [1.29, 1.82) is 0 Å². The second-order valence-electron chi connectivity index (χ2n) is 4.05. The normalized spacial score (nSPS) is 11.4. The van der Waals surface area contributed by atoms with Gasteiger partial charge in [0.05, 0.1) is 5.56 Å². The topological polar surface area (TPSA) is 17.1 Å². The van der Waals surface area contributed by atoms with Gasteiger partial charge in [0.15, 0.2) is 17.9 Å². The molecule has 0 saturated carbocycles. The second kappa shape index (κ2) is 5.03. The lowest BCUT2D eigenvalue weighted by Gasteiger charge is -2.10. The third kappa shape index (κ3) is 2.68. The maximum absolute atomic E-state index is 13.1. The van der Waals surface area contributed by atoms with Crippen LogP contribution in [0.4, 0.5) is 22.0 Å². The summed E-state index contributed by atoms with van der Waals surface area (Å²) >= 11 is 0. The number of halogens is 5. The van der Waals surface area contributed by atoms with Crippen molar-refractivity contribution < 1.29 is 26.7 Å². The Bertz CT molecular complexity index is 661. The maximum Gasteiger partial charge on any atom is 0.416 e. The molecule has 0 saturated heterocycles. The smallest absolute Gasteiger partial charge is 0.298 e. The lowest BCUT2D eigenvalue weighted by Crippen LogP contribution is -2.06. The molecule has 0 amide bonds. The summed E-state index contributed by atoms with van der Waals surface area (Å²) in [5, 5.41) is 0. The minimum atomic E-state index is -4.58. The van der Waals surface area contributed by atoms with Gasteiger partial charge in [0.25, 0.3) is 0 Å². The van der Waals surface area contributed by atoms with Crippen LogP contribution < -0.4 is 0 Å². The first kappa shape index (κ1) is 14.2. The molecule has 20 heavy (non-hydrogen) atoms. The molecule has 0 aliphatic heterocycles. The van der Waals surface area contributed by atoms with Gasteiger partial charge in [-0.2, -0.15) is 13.2 Å². The highest BCUT2D eigenvalue weighted by Gasteiger charge is 2.31. The van der Waals surface area contributed by atoms with E-state index >= 15 is 0 Å². The van der Waals surface area contributed by atoms with Crippen LogP contribution in [0.3, 0.4) is 0 Å². The number of rotatable bonds is 2. The Labute approximate surface area is 110 Å². The van der Waals surface area contributed by atoms with E-state index in [0.717, 1.165) is 24.3 Å². The van der Waals surface area contributed by atoms with Crippen LogP contribution in [0.25, 0.3) is 11.1 Å². The largest absolute Gasteiger partial charge is 0.416 e. The predicted molar refractivity (Wildman–Crippen MR) is 62.2 cm³/mol. The Hall–Kier alpha value is -2.24. The lowest BCUT2D eigenvalue weighted by atomic mass is 9.98. The molecule has 2 aromatic carbocycles. The Morgan fingerprint density at radius 1 is 0.900 bits per heavy atom. The van der Waals surface area contributed by atoms with Crippen molar-refractivity contribution in [2.75, 3.05) is 0 Å². The van der Waals surface area contributed by atoms with Crippen molar-refractivity contribution in [2.24, 2.45) is 0 Å². The first-order valence-electron chi connectivity index (χ1n) is 5.45. The predicted octanol–water partition coefficient (Wildman–Crippen LogP) is 4.46. The molecular weight excluding hydrogens is 279 g/mol. The van der Waals surface area contributed by atoms with E-state index in [9.17, 15) is 26.7 Å². The van der Waals surface area contributed by atoms with Gasteiger partial charge in [0, 0.05) is 5.56 Å². The van der Waals surface area contributed by atoms with Gasteiger partial charge >= 0.3 is 6.18 Å². The second-order valence-corrected chi connectivity index (χ2v) is 4.05. The molecule has 0 N–H and O–H groups in total. The molecule has 0 aliphatic rings. The van der Waals surface area contributed by atoms with Crippen LogP contribution in [0.1, 0.15) is 15.9 Å². The highest BCUT2D eigenvalue weighted by molar-refractivity contribution is 5.88. The number of carbonyl (C=O) groups is 1. The Morgan fingerprint density at radius 2 is 1.60 bits per heavy atom. The molecule has 0 bridgehead atoms. The Balaban J connectivity index is 2.57. The summed E-state index contributed by atoms with van der Waals surface area (Å²) in [6, 6.07) is 5.36. The molecule has 0 heterocycles. The molecule has 0 spiro atoms. The number of hydrogen-bond acceptors (Lipinski definition) is 1. The van der Waals surface area contributed by atoms with Gasteiger partial charge in [0.1, 0.15) is 0 Å². The summed E-state index contributed by atoms with van der Waals surface area (Å²) in [5.41, 5.74) is -0.997. The van der Waals surface area contributed by atoms with Crippen molar-refractivity contribution in [3.05, 3.63) is 59.2 Å². The van der Waals surface area contributed by atoms with Crippen molar-refractivity contribution in [1.82, 2.24) is 0 Å². The molecule has 2 rings (SSSR count). The van der Waals surface area contributed by atoms with Gasteiger partial charge in [-0.05, 0) is 35.4 Å². The fraction of sp³-hybridized carbons (Fsp3) is 0.0714. The number of hydrogen-bond donors (Lipinski definition) is 0. The van der Waals surface area contributed by atoms with Gasteiger partial charge in [0.2, 0.25) is 0 Å². The van der Waals surface area contributed by atoms with Crippen LogP contribution >= 0.6 is 0 Å². The van der Waals surface area contributed by atoms with E-state index in [0.29, 0.717) is 6.07 Å². The number of aldehydes is 1. The quantitative estimate of drug-likeness (QED) is 0.588. The van der Waals surface area contributed by atoms with Gasteiger partial charge < -0.3 is 0 Å². The zero-order valence-corrected chi connectivity index (χ0v) is 9.84. The molecule has 6 heteroatoms. The van der Waals surface area contributed by atoms with E-state index < -0.39 is 23.4 Å². The fourth-order valence-electron chi connectivity index (χ4n) is 1.76. The van der Waals surface area contributed by atoms with E-state index in [1.165, 1.54) is 6.07 Å². The molecule has 0 aromatic heterocycles. The molecule has 1 nitrogen and oxygen atoms in total. The van der Waals surface area contributed by atoms with Crippen LogP contribution in [0.2, 0.25) is 0 Å². The standard InChI is InChI=1S/C14H7F5O/c15-12-4-1-8(6-13(12)16)11-3-2-10(14(17,18)19)5-9(11)7-20/h1-7H. The summed E-state index contributed by atoms with van der Waals surface area (Å²) in [7, 11) is 0. The monoisotopic (exact) mass is 286 g/mol. The van der Waals surface area contributed by atoms with Gasteiger partial charge in [-0.15, -0.1) is 0 Å². The Morgan fingerprint density at radius 3 is 2.15 bits per heavy atom. The van der Waals surface area contributed by atoms with Gasteiger partial charge in [-0.3, -0.25) is 4.79 Å². The summed E-state index contributed by atoms with van der Waals surface area (Å²) in [5.74, 6) is -2.22. The van der Waals surface area contributed by atoms with E-state index in [-0.39, 0.29) is 23.0 Å². The molecule has 0 atom stereocenters. The molecule has 0 aliphatic carbocycles. The van der Waals surface area contributed by atoms with Crippen LogP contribution in [0.5, 0.6) is 0 Å². The Kier molecular flexibility index (Phi) is 3.57. The maximum atomic E-state index is 13.1. The van der Waals surface area contributed by atoms with Crippen molar-refractivity contribution in [2.45, 2.75) is 6.18 Å². The average Bonchev–Trinajstić information content (AvgIpc) is 2.40. The minimum absolute atomic E-state index is 0.104. The first-order valence-corrected chi connectivity index (χ1v) is 5.45. The molecular formula is C14H7F5O. The number of benzene rings is 2. The van der Waals surface area contributed by atoms with Crippen LogP contribution in [0.15, 0.2) is 36.4 Å². The van der Waals surface area contributed by atoms with Crippen LogP contribution in [-0.2, 0) is 6.18 Å². The molecule has 2 aromatic rings. The van der Waals surface area contributed by atoms with Crippen molar-refractivity contribution in [3.8, 4) is 11.1 Å². The number of carbonyl (C=O) groups excluding carboxylic acids is 1. The van der Waals surface area contributed by atoms with Crippen LogP contribution in [-0.4, -0.2) is 6.29 Å². The molecule has 0 radical (unpaired) electrons. The van der Waals surface area contributed by atoms with E-state index in [2.05, 4.69) is 0 Å². The third-order valence-electron chi connectivity index (χ3n) is 2.74. The number of alkyl halides is 3. The minimum Gasteiger partial charge on any atom is -0.298 e. The highest BCUT2D eigenvalue weighted by atomic mass is 19.4. The van der Waals surface area contributed by atoms with Crippen molar-refractivity contribution >= 4 is 6.29 Å². The molecule has 104 valence electrons. The van der Waals surface area contributed by atoms with Gasteiger partial charge in [-0.25, -0.2) is 8.78 Å². The first-order chi connectivity index (χ1) is 9.32. The summed E-state index contributed by atoms with van der Waals surface area (Å²) in [4.78, 5) is 10.9. The summed E-state index contributed by atoms with van der Waals surface area (Å²) in [6.07, 6.45) is -4.34. The average molecular weight is 286 g/mol. The van der Waals surface area contributed by atoms with Crippen molar-refractivity contribution in [3.63, 3.8) is 0 Å². The van der Waals surface area contributed by atoms with E-state index in [1.54, 1.807) is 0 Å². The zero-order valence-electron chi connectivity index (χ0n) is 9.84. The molecule has 0 unspecified atom stereocenters. The summed E-state index contributed by atoms with van der Waals surface area (Å²) < 4.78 is 63.5. The third-order valence-corrected chi connectivity index (χ3v) is 2.74. The zero-order chi connectivity index (χ0) is 14.9. The van der Waals surface area contributed by atoms with E-state index in [4.69, 9.17) is 0 Å². The SMILES string of the molecule is O=Cc1cc(C(F)(F)F)ccc1-c1ccc(F)c(F)c1. The molecule has 0 fully saturated rings.